The first-order valence-electron chi connectivity index (χ1n) is 5.63. The Bertz CT molecular complexity index is 516. The summed E-state index contributed by atoms with van der Waals surface area (Å²) in [4.78, 5) is 7.87. The molecular formula is C13H13ClFN3. The van der Waals surface area contributed by atoms with Crippen molar-refractivity contribution in [2.24, 2.45) is 0 Å². The molecule has 0 spiro atoms. The fourth-order valence-corrected chi connectivity index (χ4v) is 1.84. The van der Waals surface area contributed by atoms with Gasteiger partial charge in [-0.3, -0.25) is 0 Å². The fourth-order valence-electron chi connectivity index (χ4n) is 1.69. The van der Waals surface area contributed by atoms with Crippen molar-refractivity contribution >= 4 is 17.4 Å². The molecule has 1 aromatic carbocycles. The number of nitrogens with one attached hydrogen (secondary N) is 1. The fraction of sp³-hybridized carbons (Fsp3) is 0.231. The van der Waals surface area contributed by atoms with Crippen LogP contribution in [0.15, 0.2) is 36.5 Å². The van der Waals surface area contributed by atoms with Crippen LogP contribution in [0.4, 0.5) is 10.2 Å². The van der Waals surface area contributed by atoms with E-state index in [0.29, 0.717) is 5.82 Å². The Balaban J connectivity index is 1.96. The highest BCUT2D eigenvalue weighted by Crippen LogP contribution is 2.11. The summed E-state index contributed by atoms with van der Waals surface area (Å²) >= 11 is 5.70. The van der Waals surface area contributed by atoms with Crippen LogP contribution >= 0.6 is 11.6 Å². The van der Waals surface area contributed by atoms with Crippen molar-refractivity contribution < 1.29 is 4.39 Å². The van der Waals surface area contributed by atoms with Crippen LogP contribution in [-0.2, 0) is 6.42 Å². The summed E-state index contributed by atoms with van der Waals surface area (Å²) in [5.41, 5.74) is 1.07. The van der Waals surface area contributed by atoms with Gasteiger partial charge in [-0.1, -0.05) is 12.1 Å². The van der Waals surface area contributed by atoms with E-state index >= 15 is 0 Å². The molecule has 1 heterocycles. The van der Waals surface area contributed by atoms with Crippen LogP contribution in [0, 0.1) is 5.82 Å². The van der Waals surface area contributed by atoms with Gasteiger partial charge in [-0.2, -0.15) is 0 Å². The predicted molar refractivity (Wildman–Crippen MR) is 70.2 cm³/mol. The largest absolute Gasteiger partial charge is 0.367 e. The zero-order valence-corrected chi connectivity index (χ0v) is 10.7. The van der Waals surface area contributed by atoms with Gasteiger partial charge < -0.3 is 5.32 Å². The molecule has 2 rings (SSSR count). The number of halogens is 2. The van der Waals surface area contributed by atoms with Gasteiger partial charge in [0.15, 0.2) is 0 Å². The minimum atomic E-state index is -0.220. The van der Waals surface area contributed by atoms with Gasteiger partial charge in [-0.25, -0.2) is 14.4 Å². The summed E-state index contributed by atoms with van der Waals surface area (Å²) in [5, 5.41) is 3.43. The van der Waals surface area contributed by atoms with Gasteiger partial charge >= 0.3 is 0 Å². The monoisotopic (exact) mass is 265 g/mol. The van der Waals surface area contributed by atoms with Gasteiger partial charge in [-0.15, -0.1) is 0 Å². The topological polar surface area (TPSA) is 37.8 Å². The molecule has 1 N–H and O–H groups in total. The summed E-state index contributed by atoms with van der Waals surface area (Å²) in [7, 11) is 0. The van der Waals surface area contributed by atoms with Crippen LogP contribution in [0.2, 0.25) is 5.28 Å². The van der Waals surface area contributed by atoms with Crippen molar-refractivity contribution in [2.75, 3.05) is 5.32 Å². The first kappa shape index (κ1) is 12.8. The second-order valence-corrected chi connectivity index (χ2v) is 4.42. The van der Waals surface area contributed by atoms with Crippen LogP contribution < -0.4 is 5.32 Å². The van der Waals surface area contributed by atoms with Crippen LogP contribution in [0.5, 0.6) is 0 Å². The van der Waals surface area contributed by atoms with E-state index in [9.17, 15) is 4.39 Å². The molecule has 0 saturated heterocycles. The Kier molecular flexibility index (Phi) is 4.10. The lowest BCUT2D eigenvalue weighted by atomic mass is 10.1. The van der Waals surface area contributed by atoms with Crippen molar-refractivity contribution in [2.45, 2.75) is 19.4 Å². The molecule has 0 bridgehead atoms. The summed E-state index contributed by atoms with van der Waals surface area (Å²) < 4.78 is 12.8. The molecule has 1 aromatic heterocycles. The maximum atomic E-state index is 12.8. The van der Waals surface area contributed by atoms with Crippen LogP contribution in [0.1, 0.15) is 12.5 Å². The van der Waals surface area contributed by atoms with Crippen molar-refractivity contribution in [1.29, 1.82) is 0 Å². The zero-order chi connectivity index (χ0) is 13.0. The zero-order valence-electron chi connectivity index (χ0n) is 9.90. The number of hydrogen-bond acceptors (Lipinski definition) is 3. The van der Waals surface area contributed by atoms with E-state index in [-0.39, 0.29) is 17.1 Å². The molecule has 0 amide bonds. The minimum absolute atomic E-state index is 0.168. The molecule has 0 aliphatic heterocycles. The van der Waals surface area contributed by atoms with Gasteiger partial charge in [0.05, 0.1) is 0 Å². The summed E-state index contributed by atoms with van der Waals surface area (Å²) in [6.45, 7) is 2.03. The normalized spacial score (nSPS) is 12.2. The molecule has 2 aromatic rings. The van der Waals surface area contributed by atoms with Gasteiger partial charge in [0.1, 0.15) is 11.6 Å². The van der Waals surface area contributed by atoms with Crippen LogP contribution in [-0.4, -0.2) is 16.0 Å². The Morgan fingerprint density at radius 1 is 1.28 bits per heavy atom. The number of nitrogens with zero attached hydrogens (tertiary/aromatic N) is 2. The molecular weight excluding hydrogens is 253 g/mol. The van der Waals surface area contributed by atoms with E-state index in [1.165, 1.54) is 12.1 Å². The number of aromatic nitrogens is 2. The van der Waals surface area contributed by atoms with E-state index in [0.717, 1.165) is 12.0 Å². The van der Waals surface area contributed by atoms with Gasteiger partial charge in [0, 0.05) is 12.2 Å². The van der Waals surface area contributed by atoms with Crippen LogP contribution in [0.3, 0.4) is 0 Å². The lowest BCUT2D eigenvalue weighted by Gasteiger charge is -2.14. The SMILES string of the molecule is CC(Cc1ccc(F)cc1)Nc1ccnc(Cl)n1. The van der Waals surface area contributed by atoms with Crippen molar-refractivity contribution in [3.8, 4) is 0 Å². The lowest BCUT2D eigenvalue weighted by Crippen LogP contribution is -2.18. The van der Waals surface area contributed by atoms with Gasteiger partial charge in [-0.05, 0) is 48.7 Å². The molecule has 0 fully saturated rings. The summed E-state index contributed by atoms with van der Waals surface area (Å²) in [6.07, 6.45) is 2.38. The van der Waals surface area contributed by atoms with E-state index < -0.39 is 0 Å². The number of hydrogen-bond donors (Lipinski definition) is 1. The average Bonchev–Trinajstić information content (AvgIpc) is 2.32. The van der Waals surface area contributed by atoms with Crippen molar-refractivity contribution in [1.82, 2.24) is 9.97 Å². The highest BCUT2D eigenvalue weighted by atomic mass is 35.5. The van der Waals surface area contributed by atoms with Gasteiger partial charge in [0.2, 0.25) is 5.28 Å². The molecule has 5 heteroatoms. The molecule has 94 valence electrons. The second kappa shape index (κ2) is 5.78. The average molecular weight is 266 g/mol. The third kappa shape index (κ3) is 3.67. The molecule has 18 heavy (non-hydrogen) atoms. The first-order chi connectivity index (χ1) is 8.63. The Morgan fingerprint density at radius 2 is 2.00 bits per heavy atom. The maximum absolute atomic E-state index is 12.8. The standard InChI is InChI=1S/C13H13ClFN3/c1-9(8-10-2-4-11(15)5-3-10)17-12-6-7-16-13(14)18-12/h2-7,9H,8H2,1H3,(H,16,17,18). The molecule has 0 saturated carbocycles. The Morgan fingerprint density at radius 3 is 2.67 bits per heavy atom. The van der Waals surface area contributed by atoms with E-state index in [4.69, 9.17) is 11.6 Å². The number of benzene rings is 1. The summed E-state index contributed by atoms with van der Waals surface area (Å²) in [5.74, 6) is 0.464. The molecule has 0 radical (unpaired) electrons. The van der Waals surface area contributed by atoms with Gasteiger partial charge in [0.25, 0.3) is 0 Å². The Labute approximate surface area is 110 Å². The predicted octanol–water partition coefficient (Wildman–Crippen LogP) is 3.31. The third-order valence-corrected chi connectivity index (χ3v) is 2.66. The van der Waals surface area contributed by atoms with E-state index in [1.807, 2.05) is 6.92 Å². The highest BCUT2D eigenvalue weighted by Gasteiger charge is 2.05. The maximum Gasteiger partial charge on any atom is 0.224 e. The molecule has 1 atom stereocenters. The molecule has 0 aliphatic carbocycles. The van der Waals surface area contributed by atoms with E-state index in [2.05, 4.69) is 15.3 Å². The van der Waals surface area contributed by atoms with Crippen molar-refractivity contribution in [3.05, 3.63) is 53.2 Å². The molecule has 3 nitrogen and oxygen atoms in total. The number of rotatable bonds is 4. The summed E-state index contributed by atoms with van der Waals surface area (Å²) in [6, 6.07) is 8.41. The first-order valence-corrected chi connectivity index (χ1v) is 6.01. The molecule has 0 aliphatic rings. The highest BCUT2D eigenvalue weighted by molar-refractivity contribution is 6.28. The van der Waals surface area contributed by atoms with Crippen molar-refractivity contribution in [3.63, 3.8) is 0 Å². The quantitative estimate of drug-likeness (QED) is 0.862. The minimum Gasteiger partial charge on any atom is -0.367 e. The smallest absolute Gasteiger partial charge is 0.224 e. The lowest BCUT2D eigenvalue weighted by molar-refractivity contribution is 0.626. The van der Waals surface area contributed by atoms with E-state index in [1.54, 1.807) is 24.4 Å². The second-order valence-electron chi connectivity index (χ2n) is 4.09. The number of anilines is 1. The Hall–Kier alpha value is -1.68. The third-order valence-electron chi connectivity index (χ3n) is 2.48. The molecule has 1 unspecified atom stereocenters. The van der Waals surface area contributed by atoms with Crippen LogP contribution in [0.25, 0.3) is 0 Å².